The summed E-state index contributed by atoms with van der Waals surface area (Å²) in [5, 5.41) is 2.93. The van der Waals surface area contributed by atoms with Crippen molar-refractivity contribution >= 4 is 34.2 Å². The summed E-state index contributed by atoms with van der Waals surface area (Å²) in [7, 11) is 0. The molecule has 6 nitrogen and oxygen atoms in total. The Morgan fingerprint density at radius 1 is 0.952 bits per heavy atom. The zero-order valence-electron chi connectivity index (χ0n) is 22.4. The Morgan fingerprint density at radius 3 is 2.10 bits per heavy atom. The smallest absolute Gasteiger partial charge is 0.314 e. The van der Waals surface area contributed by atoms with Gasteiger partial charge in [0.2, 0.25) is 0 Å². The first-order chi connectivity index (χ1) is 19.7. The third-order valence-corrected chi connectivity index (χ3v) is 6.76. The van der Waals surface area contributed by atoms with Crippen molar-refractivity contribution in [2.45, 2.75) is 45.1 Å². The molecular formula is C29H25ClF6N4O2. The van der Waals surface area contributed by atoms with Gasteiger partial charge in [-0.2, -0.15) is 26.3 Å². The molecule has 3 aromatic carbocycles. The van der Waals surface area contributed by atoms with Crippen LogP contribution in [0.5, 0.6) is 0 Å². The van der Waals surface area contributed by atoms with E-state index >= 15 is 0 Å². The summed E-state index contributed by atoms with van der Waals surface area (Å²) >= 11 is 6.05. The van der Waals surface area contributed by atoms with Gasteiger partial charge >= 0.3 is 18.4 Å². The molecule has 2 amide bonds. The number of hydrogen-bond acceptors (Lipinski definition) is 3. The van der Waals surface area contributed by atoms with Gasteiger partial charge < -0.3 is 10.2 Å². The van der Waals surface area contributed by atoms with E-state index < -0.39 is 46.8 Å². The number of rotatable bonds is 7. The quantitative estimate of drug-likeness (QED) is 0.213. The average Bonchev–Trinajstić information content (AvgIpc) is 2.93. The number of fused-ring (bicyclic) bond motifs is 1. The zero-order chi connectivity index (χ0) is 30.8. The van der Waals surface area contributed by atoms with Crippen LogP contribution < -0.4 is 10.9 Å². The number of urea groups is 1. The largest absolute Gasteiger partial charge is 0.416 e. The lowest BCUT2D eigenvalue weighted by Gasteiger charge is -2.32. The summed E-state index contributed by atoms with van der Waals surface area (Å²) in [5.74, 6) is 0.159. The molecule has 0 fully saturated rings. The van der Waals surface area contributed by atoms with Crippen molar-refractivity contribution in [3.05, 3.63) is 99.1 Å². The van der Waals surface area contributed by atoms with Crippen LogP contribution in [0.3, 0.4) is 0 Å². The monoisotopic (exact) mass is 610 g/mol. The minimum atomic E-state index is -5.08. The fourth-order valence-electron chi connectivity index (χ4n) is 4.62. The topological polar surface area (TPSA) is 67.2 Å². The number of nitrogens with one attached hydrogen (secondary N) is 1. The average molecular weight is 611 g/mol. The molecule has 13 heteroatoms. The second-order valence-corrected chi connectivity index (χ2v) is 9.88. The number of para-hydroxylation sites is 1. The van der Waals surface area contributed by atoms with E-state index in [1.165, 1.54) is 9.47 Å². The van der Waals surface area contributed by atoms with E-state index in [0.717, 1.165) is 0 Å². The Balaban J connectivity index is 1.84. The summed E-state index contributed by atoms with van der Waals surface area (Å²) in [5.41, 5.74) is -3.48. The molecule has 0 radical (unpaired) electrons. The molecule has 4 rings (SSSR count). The number of benzene rings is 3. The van der Waals surface area contributed by atoms with Crippen molar-refractivity contribution in [1.29, 1.82) is 0 Å². The third-order valence-electron chi connectivity index (χ3n) is 6.51. The molecule has 1 N–H and O–H groups in total. The van der Waals surface area contributed by atoms with Crippen molar-refractivity contribution < 1.29 is 31.1 Å². The Labute approximate surface area is 241 Å². The van der Waals surface area contributed by atoms with Crippen LogP contribution in [0.15, 0.2) is 71.5 Å². The highest BCUT2D eigenvalue weighted by atomic mass is 35.5. The molecule has 1 heterocycles. The second-order valence-electron chi connectivity index (χ2n) is 9.45. The highest BCUT2D eigenvalue weighted by Crippen LogP contribution is 2.38. The summed E-state index contributed by atoms with van der Waals surface area (Å²) in [6.07, 6.45) is -9.57. The molecule has 0 saturated heterocycles. The first-order valence-electron chi connectivity index (χ1n) is 12.9. The molecule has 0 saturated carbocycles. The highest BCUT2D eigenvalue weighted by Gasteiger charge is 2.37. The minimum absolute atomic E-state index is 0.0157. The molecule has 0 spiro atoms. The number of carbonyl (C=O) groups is 1. The van der Waals surface area contributed by atoms with Crippen molar-refractivity contribution in [3.8, 4) is 5.69 Å². The molecule has 0 bridgehead atoms. The Morgan fingerprint density at radius 2 is 1.55 bits per heavy atom. The molecule has 0 aliphatic carbocycles. The number of anilines is 1. The van der Waals surface area contributed by atoms with Gasteiger partial charge in [0.25, 0.3) is 5.56 Å². The van der Waals surface area contributed by atoms with Gasteiger partial charge in [0.15, 0.2) is 0 Å². The first-order valence-corrected chi connectivity index (χ1v) is 13.3. The predicted octanol–water partition coefficient (Wildman–Crippen LogP) is 8.47. The second kappa shape index (κ2) is 12.0. The van der Waals surface area contributed by atoms with Crippen LogP contribution >= 0.6 is 11.6 Å². The third kappa shape index (κ3) is 6.53. The lowest BCUT2D eigenvalue weighted by molar-refractivity contribution is -0.143. The predicted molar refractivity (Wildman–Crippen MR) is 148 cm³/mol. The van der Waals surface area contributed by atoms with Crippen LogP contribution in [0, 0.1) is 0 Å². The van der Waals surface area contributed by atoms with Gasteiger partial charge in [-0.25, -0.2) is 9.78 Å². The van der Waals surface area contributed by atoms with E-state index in [9.17, 15) is 35.9 Å². The maximum Gasteiger partial charge on any atom is 0.416 e. The standard InChI is InChI=1S/C29H25ClF6N4O2/c1-3-13-39(27(42)37-20-15-17(28(31,32)33)14-18(16-20)29(34,35)36)24(4-2)25-38-23-8-6-5-7-22(23)26(41)40(25)21-11-9-19(30)10-12-21/h5-12,14-16,24H,3-4,13H2,1-2H3,(H,37,42). The summed E-state index contributed by atoms with van der Waals surface area (Å²) in [6.45, 7) is 3.53. The fourth-order valence-corrected chi connectivity index (χ4v) is 4.74. The van der Waals surface area contributed by atoms with Crippen LogP contribution in [0.2, 0.25) is 5.02 Å². The van der Waals surface area contributed by atoms with E-state index in [1.807, 2.05) is 0 Å². The van der Waals surface area contributed by atoms with Crippen molar-refractivity contribution in [2.75, 3.05) is 11.9 Å². The number of halogens is 7. The van der Waals surface area contributed by atoms with Gasteiger partial charge in [-0.3, -0.25) is 9.36 Å². The van der Waals surface area contributed by atoms with Crippen molar-refractivity contribution in [3.63, 3.8) is 0 Å². The summed E-state index contributed by atoms with van der Waals surface area (Å²) in [4.78, 5) is 33.2. The lowest BCUT2D eigenvalue weighted by Crippen LogP contribution is -2.41. The van der Waals surface area contributed by atoms with Crippen LogP contribution in [0.25, 0.3) is 16.6 Å². The Bertz CT molecular complexity index is 1620. The fraction of sp³-hybridized carbons (Fsp3) is 0.276. The van der Waals surface area contributed by atoms with Crippen LogP contribution in [-0.2, 0) is 12.4 Å². The lowest BCUT2D eigenvalue weighted by atomic mass is 10.1. The Kier molecular flexibility index (Phi) is 8.86. The maximum atomic E-state index is 13.7. The van der Waals surface area contributed by atoms with Gasteiger partial charge in [0.1, 0.15) is 5.82 Å². The van der Waals surface area contributed by atoms with E-state index in [2.05, 4.69) is 5.32 Å². The van der Waals surface area contributed by atoms with E-state index in [1.54, 1.807) is 62.4 Å². The maximum absolute atomic E-state index is 13.7. The molecule has 42 heavy (non-hydrogen) atoms. The van der Waals surface area contributed by atoms with Gasteiger partial charge in [-0.05, 0) is 67.4 Å². The van der Waals surface area contributed by atoms with Gasteiger partial charge in [0, 0.05) is 17.3 Å². The number of carbonyl (C=O) groups excluding carboxylic acids is 1. The molecule has 4 aromatic rings. The first kappa shape index (κ1) is 30.9. The van der Waals surface area contributed by atoms with E-state index in [4.69, 9.17) is 16.6 Å². The minimum Gasteiger partial charge on any atom is -0.314 e. The molecule has 0 aliphatic heterocycles. The highest BCUT2D eigenvalue weighted by molar-refractivity contribution is 6.30. The van der Waals surface area contributed by atoms with Crippen molar-refractivity contribution in [2.24, 2.45) is 0 Å². The number of alkyl halides is 6. The van der Waals surface area contributed by atoms with Crippen LogP contribution in [-0.4, -0.2) is 27.0 Å². The number of hydrogen-bond donors (Lipinski definition) is 1. The SMILES string of the molecule is CCCN(C(=O)Nc1cc(C(F)(F)F)cc(C(F)(F)F)c1)C(CC)c1nc2ccccc2c(=O)n1-c1ccc(Cl)cc1. The molecule has 222 valence electrons. The summed E-state index contributed by atoms with van der Waals surface area (Å²) in [6, 6.07) is 12.0. The van der Waals surface area contributed by atoms with E-state index in [0.29, 0.717) is 40.2 Å². The van der Waals surface area contributed by atoms with Gasteiger partial charge in [0.05, 0.1) is 33.8 Å². The molecule has 1 unspecified atom stereocenters. The van der Waals surface area contributed by atoms with Gasteiger partial charge in [-0.1, -0.05) is 37.6 Å². The number of amides is 2. The number of aromatic nitrogens is 2. The molecule has 0 aliphatic rings. The van der Waals surface area contributed by atoms with E-state index in [-0.39, 0.29) is 24.9 Å². The Hall–Kier alpha value is -4.06. The zero-order valence-corrected chi connectivity index (χ0v) is 23.1. The summed E-state index contributed by atoms with van der Waals surface area (Å²) < 4.78 is 81.8. The number of nitrogens with zero attached hydrogens (tertiary/aromatic N) is 3. The van der Waals surface area contributed by atoms with Gasteiger partial charge in [-0.15, -0.1) is 0 Å². The van der Waals surface area contributed by atoms with Crippen molar-refractivity contribution in [1.82, 2.24) is 14.5 Å². The molecular weight excluding hydrogens is 586 g/mol. The molecule has 1 atom stereocenters. The molecule has 1 aromatic heterocycles. The van der Waals surface area contributed by atoms with Crippen LogP contribution in [0.1, 0.15) is 49.7 Å². The normalized spacial score (nSPS) is 12.8. The van der Waals surface area contributed by atoms with Crippen LogP contribution in [0.4, 0.5) is 36.8 Å².